The molecule has 5 nitrogen and oxygen atoms in total. The number of benzene rings is 1. The maximum atomic E-state index is 11.8. The van der Waals surface area contributed by atoms with Gasteiger partial charge in [0, 0.05) is 6.42 Å². The van der Waals surface area contributed by atoms with Crippen LogP contribution in [-0.2, 0) is 11.2 Å². The summed E-state index contributed by atoms with van der Waals surface area (Å²) in [7, 11) is 0. The van der Waals surface area contributed by atoms with Crippen molar-refractivity contribution < 1.29 is 14.0 Å². The zero-order chi connectivity index (χ0) is 13.7. The first-order chi connectivity index (χ1) is 9.16. The summed E-state index contributed by atoms with van der Waals surface area (Å²) < 4.78 is 4.96. The fourth-order valence-electron chi connectivity index (χ4n) is 1.71. The van der Waals surface area contributed by atoms with Crippen LogP contribution in [0, 0.1) is 0 Å². The molecule has 1 heterocycles. The molecule has 0 aliphatic carbocycles. The molecule has 1 atom stereocenters. The molecule has 0 saturated heterocycles. The lowest BCUT2D eigenvalue weighted by Crippen LogP contribution is -2.45. The summed E-state index contributed by atoms with van der Waals surface area (Å²) >= 11 is 0. The molecule has 0 aliphatic rings. The number of hydrogen-bond donors (Lipinski definition) is 2. The summed E-state index contributed by atoms with van der Waals surface area (Å²) in [6.07, 6.45) is 1.74. The lowest BCUT2D eigenvalue weighted by Gasteiger charge is -2.14. The summed E-state index contributed by atoms with van der Waals surface area (Å²) in [6, 6.07) is 11.7. The van der Waals surface area contributed by atoms with Crippen molar-refractivity contribution in [3.05, 3.63) is 60.1 Å². The number of carbonyl (C=O) groups excluding carboxylic acids is 2. The van der Waals surface area contributed by atoms with Crippen LogP contribution in [0.1, 0.15) is 16.1 Å². The van der Waals surface area contributed by atoms with E-state index in [1.54, 1.807) is 6.07 Å². The van der Waals surface area contributed by atoms with Crippen LogP contribution in [0.2, 0.25) is 0 Å². The highest BCUT2D eigenvalue weighted by molar-refractivity contribution is 5.95. The highest BCUT2D eigenvalue weighted by Crippen LogP contribution is 2.05. The molecule has 0 saturated carbocycles. The van der Waals surface area contributed by atoms with Gasteiger partial charge in [0.15, 0.2) is 5.76 Å². The van der Waals surface area contributed by atoms with Crippen LogP contribution >= 0.6 is 0 Å². The Morgan fingerprint density at radius 1 is 1.16 bits per heavy atom. The highest BCUT2D eigenvalue weighted by Gasteiger charge is 2.20. The Hall–Kier alpha value is -2.56. The van der Waals surface area contributed by atoms with Crippen molar-refractivity contribution in [3.63, 3.8) is 0 Å². The van der Waals surface area contributed by atoms with Gasteiger partial charge >= 0.3 is 0 Å². The van der Waals surface area contributed by atoms with Gasteiger partial charge in [-0.15, -0.1) is 0 Å². The molecular formula is C14H14N2O3. The van der Waals surface area contributed by atoms with Crippen molar-refractivity contribution in [3.8, 4) is 0 Å². The van der Waals surface area contributed by atoms with E-state index in [2.05, 4.69) is 5.32 Å². The average Bonchev–Trinajstić information content (AvgIpc) is 2.93. The third-order valence-corrected chi connectivity index (χ3v) is 2.68. The third kappa shape index (κ3) is 3.45. The van der Waals surface area contributed by atoms with Gasteiger partial charge in [0.1, 0.15) is 6.04 Å². The van der Waals surface area contributed by atoms with E-state index >= 15 is 0 Å². The first kappa shape index (κ1) is 12.9. The molecule has 0 bridgehead atoms. The summed E-state index contributed by atoms with van der Waals surface area (Å²) in [5.74, 6) is -0.882. The van der Waals surface area contributed by atoms with Crippen molar-refractivity contribution in [1.82, 2.24) is 5.32 Å². The Kier molecular flexibility index (Phi) is 3.97. The molecule has 19 heavy (non-hydrogen) atoms. The molecule has 2 aromatic rings. The maximum Gasteiger partial charge on any atom is 0.287 e. The minimum Gasteiger partial charge on any atom is -0.459 e. The standard InChI is InChI=1S/C14H14N2O3/c15-13(17)11(9-10-5-2-1-3-6-10)16-14(18)12-7-4-8-19-12/h1-8,11H,9H2,(H2,15,17)(H,16,18)/t11-/m0/s1. The van der Waals surface area contributed by atoms with E-state index in [1.807, 2.05) is 30.3 Å². The zero-order valence-electron chi connectivity index (χ0n) is 10.2. The van der Waals surface area contributed by atoms with E-state index in [9.17, 15) is 9.59 Å². The quantitative estimate of drug-likeness (QED) is 0.842. The number of primary amides is 1. The largest absolute Gasteiger partial charge is 0.459 e. The Balaban J connectivity index is 2.05. The van der Waals surface area contributed by atoms with Crippen molar-refractivity contribution in [2.45, 2.75) is 12.5 Å². The first-order valence-corrected chi connectivity index (χ1v) is 5.84. The molecule has 5 heteroatoms. The summed E-state index contributed by atoms with van der Waals surface area (Å²) in [5, 5.41) is 2.56. The van der Waals surface area contributed by atoms with Crippen molar-refractivity contribution in [1.29, 1.82) is 0 Å². The van der Waals surface area contributed by atoms with Crippen molar-refractivity contribution in [2.24, 2.45) is 5.73 Å². The number of rotatable bonds is 5. The Bertz CT molecular complexity index is 549. The third-order valence-electron chi connectivity index (χ3n) is 2.68. The van der Waals surface area contributed by atoms with Crippen LogP contribution in [0.15, 0.2) is 53.1 Å². The monoisotopic (exact) mass is 258 g/mol. The highest BCUT2D eigenvalue weighted by atomic mass is 16.3. The molecule has 2 amide bonds. The predicted molar refractivity (Wildman–Crippen MR) is 69.3 cm³/mol. The average molecular weight is 258 g/mol. The normalized spacial score (nSPS) is 11.8. The zero-order valence-corrected chi connectivity index (χ0v) is 10.2. The molecule has 0 spiro atoms. The minimum atomic E-state index is -0.764. The van der Waals surface area contributed by atoms with Gasteiger partial charge in [0.2, 0.25) is 5.91 Å². The van der Waals surface area contributed by atoms with Gasteiger partial charge in [-0.1, -0.05) is 30.3 Å². The number of carbonyl (C=O) groups is 2. The summed E-state index contributed by atoms with van der Waals surface area (Å²) in [5.41, 5.74) is 6.22. The van der Waals surface area contributed by atoms with E-state index in [-0.39, 0.29) is 5.76 Å². The second kappa shape index (κ2) is 5.86. The molecule has 0 fully saturated rings. The number of nitrogens with two attached hydrogens (primary N) is 1. The fourth-order valence-corrected chi connectivity index (χ4v) is 1.71. The van der Waals surface area contributed by atoms with Gasteiger partial charge in [0.05, 0.1) is 6.26 Å². The van der Waals surface area contributed by atoms with E-state index in [4.69, 9.17) is 10.2 Å². The fraction of sp³-hybridized carbons (Fsp3) is 0.143. The van der Waals surface area contributed by atoms with Gasteiger partial charge in [-0.2, -0.15) is 0 Å². The molecule has 3 N–H and O–H groups in total. The molecule has 0 aliphatic heterocycles. The van der Waals surface area contributed by atoms with Gasteiger partial charge in [-0.05, 0) is 17.7 Å². The minimum absolute atomic E-state index is 0.152. The smallest absolute Gasteiger partial charge is 0.287 e. The molecule has 2 rings (SSSR count). The Morgan fingerprint density at radius 3 is 2.47 bits per heavy atom. The molecule has 98 valence electrons. The van der Waals surface area contributed by atoms with Crippen LogP contribution in [-0.4, -0.2) is 17.9 Å². The predicted octanol–water partition coefficient (Wildman–Crippen LogP) is 1.11. The Labute approximate surface area is 110 Å². The lowest BCUT2D eigenvalue weighted by molar-refractivity contribution is -0.119. The van der Waals surface area contributed by atoms with Crippen molar-refractivity contribution >= 4 is 11.8 Å². The van der Waals surface area contributed by atoms with Gasteiger partial charge in [-0.25, -0.2) is 0 Å². The first-order valence-electron chi connectivity index (χ1n) is 5.84. The lowest BCUT2D eigenvalue weighted by atomic mass is 10.1. The summed E-state index contributed by atoms with van der Waals surface area (Å²) in [6.45, 7) is 0. The molecule has 1 aromatic carbocycles. The number of furan rings is 1. The second-order valence-corrected chi connectivity index (χ2v) is 4.10. The van der Waals surface area contributed by atoms with Gasteiger partial charge < -0.3 is 15.5 Å². The number of nitrogens with one attached hydrogen (secondary N) is 1. The van der Waals surface area contributed by atoms with Crippen LogP contribution in [0.5, 0.6) is 0 Å². The molecule has 1 aromatic heterocycles. The number of hydrogen-bond acceptors (Lipinski definition) is 3. The van der Waals surface area contributed by atoms with E-state index in [1.165, 1.54) is 12.3 Å². The summed E-state index contributed by atoms with van der Waals surface area (Å²) in [4.78, 5) is 23.2. The molecule has 0 radical (unpaired) electrons. The van der Waals surface area contributed by atoms with Crippen LogP contribution in [0.3, 0.4) is 0 Å². The van der Waals surface area contributed by atoms with Gasteiger partial charge in [-0.3, -0.25) is 9.59 Å². The molecule has 0 unspecified atom stereocenters. The van der Waals surface area contributed by atoms with Crippen molar-refractivity contribution in [2.75, 3.05) is 0 Å². The number of amides is 2. The topological polar surface area (TPSA) is 85.3 Å². The van der Waals surface area contributed by atoms with Crippen LogP contribution < -0.4 is 11.1 Å². The van der Waals surface area contributed by atoms with Gasteiger partial charge in [0.25, 0.3) is 5.91 Å². The van der Waals surface area contributed by atoms with E-state index < -0.39 is 17.9 Å². The second-order valence-electron chi connectivity index (χ2n) is 4.10. The van der Waals surface area contributed by atoms with E-state index in [0.717, 1.165) is 5.56 Å². The van der Waals surface area contributed by atoms with E-state index in [0.29, 0.717) is 6.42 Å². The van der Waals surface area contributed by atoms with Crippen LogP contribution in [0.25, 0.3) is 0 Å². The maximum absolute atomic E-state index is 11.8. The molecular weight excluding hydrogens is 244 g/mol. The Morgan fingerprint density at radius 2 is 1.89 bits per heavy atom. The van der Waals surface area contributed by atoms with Crippen LogP contribution in [0.4, 0.5) is 0 Å². The SMILES string of the molecule is NC(=O)[C@H](Cc1ccccc1)NC(=O)c1ccco1.